The quantitative estimate of drug-likeness (QED) is 0.733. The second-order valence-corrected chi connectivity index (χ2v) is 6.79. The molecule has 3 rings (SSSR count). The van der Waals surface area contributed by atoms with E-state index in [2.05, 4.69) is 11.6 Å². The third-order valence-electron chi connectivity index (χ3n) is 3.65. The van der Waals surface area contributed by atoms with Crippen LogP contribution >= 0.6 is 11.8 Å². The number of carbonyl (C=O) groups excluding carboxylic acids is 2. The minimum absolute atomic E-state index is 0.185. The Morgan fingerprint density at radius 3 is 3.00 bits per heavy atom. The van der Waals surface area contributed by atoms with E-state index in [9.17, 15) is 9.59 Å². The van der Waals surface area contributed by atoms with E-state index in [1.165, 1.54) is 16.7 Å². The van der Waals surface area contributed by atoms with Crippen molar-refractivity contribution < 1.29 is 14.3 Å². The minimum Gasteiger partial charge on any atom is -0.370 e. The van der Waals surface area contributed by atoms with Gasteiger partial charge in [-0.2, -0.15) is 4.99 Å². The van der Waals surface area contributed by atoms with Crippen molar-refractivity contribution in [1.29, 1.82) is 0 Å². The fourth-order valence-electron chi connectivity index (χ4n) is 2.70. The van der Waals surface area contributed by atoms with Gasteiger partial charge in [-0.05, 0) is 25.8 Å². The van der Waals surface area contributed by atoms with Crippen LogP contribution in [0.4, 0.5) is 4.79 Å². The second-order valence-electron chi connectivity index (χ2n) is 5.68. The first-order valence-corrected chi connectivity index (χ1v) is 7.33. The van der Waals surface area contributed by atoms with Gasteiger partial charge in [0.25, 0.3) is 0 Å². The van der Waals surface area contributed by atoms with Gasteiger partial charge in [0, 0.05) is 11.4 Å². The third-order valence-corrected chi connectivity index (χ3v) is 4.82. The lowest BCUT2D eigenvalue weighted by Gasteiger charge is -2.33. The van der Waals surface area contributed by atoms with Gasteiger partial charge in [-0.25, -0.2) is 4.79 Å². The molecule has 6 heteroatoms. The largest absolute Gasteiger partial charge is 0.370 e. The van der Waals surface area contributed by atoms with Crippen molar-refractivity contribution >= 4 is 28.7 Å². The predicted molar refractivity (Wildman–Crippen MR) is 77.5 cm³/mol. The summed E-state index contributed by atoms with van der Waals surface area (Å²) >= 11 is 1.42. The van der Waals surface area contributed by atoms with Crippen molar-refractivity contribution in [2.24, 2.45) is 10.9 Å². The minimum atomic E-state index is -0.492. The van der Waals surface area contributed by atoms with Crippen molar-refractivity contribution in [1.82, 2.24) is 4.90 Å². The third kappa shape index (κ3) is 2.03. The standard InChI is InChI=1S/C14H16N2O3S/c1-4-5-16-12(17)10-8-6-14(2,3)19-7-9(8)20-11(10)15-13(16)18/h4,10H,1,5-7H2,2-3H3. The average molecular weight is 292 g/mol. The Hall–Kier alpha value is -1.40. The van der Waals surface area contributed by atoms with E-state index in [-0.39, 0.29) is 18.1 Å². The van der Waals surface area contributed by atoms with E-state index >= 15 is 0 Å². The molecule has 0 fully saturated rings. The molecule has 0 spiro atoms. The number of rotatable bonds is 2. The maximum absolute atomic E-state index is 12.6. The van der Waals surface area contributed by atoms with Gasteiger partial charge in [-0.3, -0.25) is 9.69 Å². The number of amides is 3. The number of aliphatic imine (C=N–C) groups is 1. The number of hydrogen-bond acceptors (Lipinski definition) is 4. The molecule has 0 saturated heterocycles. The van der Waals surface area contributed by atoms with Crippen molar-refractivity contribution in [3.05, 3.63) is 23.1 Å². The number of ether oxygens (including phenoxy) is 1. The summed E-state index contributed by atoms with van der Waals surface area (Å²) in [6, 6.07) is -0.492. The number of urea groups is 1. The second kappa shape index (κ2) is 4.56. The van der Waals surface area contributed by atoms with Crippen molar-refractivity contribution in [3.63, 3.8) is 0 Å². The average Bonchev–Trinajstić information content (AvgIpc) is 2.70. The highest BCUT2D eigenvalue weighted by molar-refractivity contribution is 8.17. The number of thioether (sulfide) groups is 1. The summed E-state index contributed by atoms with van der Waals surface area (Å²) in [6.07, 6.45) is 2.24. The summed E-state index contributed by atoms with van der Waals surface area (Å²) in [4.78, 5) is 30.7. The molecular weight excluding hydrogens is 276 g/mol. The highest BCUT2D eigenvalue weighted by Gasteiger charge is 2.47. The van der Waals surface area contributed by atoms with E-state index in [1.807, 2.05) is 13.8 Å². The first-order chi connectivity index (χ1) is 9.43. The molecule has 1 unspecified atom stereocenters. The van der Waals surface area contributed by atoms with Crippen LogP contribution in [-0.4, -0.2) is 40.6 Å². The van der Waals surface area contributed by atoms with Gasteiger partial charge >= 0.3 is 6.03 Å². The van der Waals surface area contributed by atoms with Crippen LogP contribution in [0.5, 0.6) is 0 Å². The summed E-state index contributed by atoms with van der Waals surface area (Å²) in [6.45, 7) is 8.30. The van der Waals surface area contributed by atoms with Crippen LogP contribution in [0.3, 0.4) is 0 Å². The fraction of sp³-hybridized carbons (Fsp3) is 0.500. The number of carbonyl (C=O) groups is 2. The first-order valence-electron chi connectivity index (χ1n) is 6.51. The lowest BCUT2D eigenvalue weighted by atomic mass is 9.86. The van der Waals surface area contributed by atoms with E-state index in [0.29, 0.717) is 18.1 Å². The topological polar surface area (TPSA) is 59.0 Å². The zero-order valence-corrected chi connectivity index (χ0v) is 12.3. The molecule has 3 aliphatic heterocycles. The normalized spacial score (nSPS) is 28.2. The molecule has 0 N–H and O–H groups in total. The molecule has 0 saturated carbocycles. The molecule has 0 radical (unpaired) electrons. The summed E-state index contributed by atoms with van der Waals surface area (Å²) in [5.41, 5.74) is 0.788. The molecule has 3 amide bonds. The maximum atomic E-state index is 12.6. The van der Waals surface area contributed by atoms with Gasteiger partial charge in [0.15, 0.2) is 0 Å². The predicted octanol–water partition coefficient (Wildman–Crippen LogP) is 2.35. The fourth-order valence-corrected chi connectivity index (χ4v) is 3.87. The Bertz CT molecular complexity index is 577. The Balaban J connectivity index is 1.98. The smallest absolute Gasteiger partial charge is 0.351 e. The van der Waals surface area contributed by atoms with Crippen LogP contribution in [0.2, 0.25) is 0 Å². The van der Waals surface area contributed by atoms with Crippen LogP contribution in [0.1, 0.15) is 20.3 Å². The molecule has 106 valence electrons. The molecule has 3 heterocycles. The molecule has 3 aliphatic rings. The van der Waals surface area contributed by atoms with Gasteiger partial charge in [0.05, 0.1) is 12.2 Å². The molecule has 0 bridgehead atoms. The monoisotopic (exact) mass is 292 g/mol. The van der Waals surface area contributed by atoms with Gasteiger partial charge in [-0.1, -0.05) is 17.8 Å². The molecule has 0 aromatic heterocycles. The molecule has 0 aliphatic carbocycles. The number of hydrogen-bond donors (Lipinski definition) is 0. The van der Waals surface area contributed by atoms with Crippen LogP contribution in [0.15, 0.2) is 28.1 Å². The van der Waals surface area contributed by atoms with Crippen LogP contribution in [-0.2, 0) is 9.53 Å². The number of nitrogens with zero attached hydrogens (tertiary/aromatic N) is 2. The van der Waals surface area contributed by atoms with Gasteiger partial charge in [-0.15, -0.1) is 6.58 Å². The zero-order chi connectivity index (χ0) is 14.5. The molecule has 5 nitrogen and oxygen atoms in total. The van der Waals surface area contributed by atoms with E-state index < -0.39 is 11.9 Å². The highest BCUT2D eigenvalue weighted by atomic mass is 32.2. The Labute approximate surface area is 121 Å². The Kier molecular flexibility index (Phi) is 3.10. The summed E-state index contributed by atoms with van der Waals surface area (Å²) in [5, 5.41) is 0.603. The molecule has 20 heavy (non-hydrogen) atoms. The summed E-state index contributed by atoms with van der Waals surface area (Å²) in [7, 11) is 0. The first kappa shape index (κ1) is 13.6. The van der Waals surface area contributed by atoms with E-state index in [4.69, 9.17) is 4.74 Å². The summed E-state index contributed by atoms with van der Waals surface area (Å²) < 4.78 is 5.76. The van der Waals surface area contributed by atoms with E-state index in [0.717, 1.165) is 10.5 Å². The van der Waals surface area contributed by atoms with Gasteiger partial charge < -0.3 is 4.74 Å². The highest BCUT2D eigenvalue weighted by Crippen LogP contribution is 2.47. The molecule has 0 aromatic carbocycles. The molecule has 0 aromatic rings. The zero-order valence-electron chi connectivity index (χ0n) is 11.5. The lowest BCUT2D eigenvalue weighted by molar-refractivity contribution is -0.129. The SMILES string of the molecule is C=CCN1C(=O)N=C2SC3=C(CC(C)(C)OC3)C2C1=O. The van der Waals surface area contributed by atoms with E-state index in [1.54, 1.807) is 6.08 Å². The van der Waals surface area contributed by atoms with Crippen LogP contribution < -0.4 is 0 Å². The molecule has 1 atom stereocenters. The van der Waals surface area contributed by atoms with Gasteiger partial charge in [0.1, 0.15) is 11.0 Å². The maximum Gasteiger partial charge on any atom is 0.351 e. The number of fused-ring (bicyclic) bond motifs is 2. The van der Waals surface area contributed by atoms with Crippen molar-refractivity contribution in [2.75, 3.05) is 13.2 Å². The Morgan fingerprint density at radius 2 is 2.30 bits per heavy atom. The molecular formula is C14H16N2O3S. The number of imide groups is 1. The van der Waals surface area contributed by atoms with Crippen LogP contribution in [0, 0.1) is 5.92 Å². The Morgan fingerprint density at radius 1 is 1.55 bits per heavy atom. The lowest BCUT2D eigenvalue weighted by Crippen LogP contribution is -2.46. The van der Waals surface area contributed by atoms with Gasteiger partial charge in [0.2, 0.25) is 5.91 Å². The van der Waals surface area contributed by atoms with Crippen molar-refractivity contribution in [2.45, 2.75) is 25.9 Å². The summed E-state index contributed by atoms with van der Waals surface area (Å²) in [5.74, 6) is -0.578. The van der Waals surface area contributed by atoms with Crippen LogP contribution in [0.25, 0.3) is 0 Å². The van der Waals surface area contributed by atoms with Crippen molar-refractivity contribution in [3.8, 4) is 0 Å².